The molecule has 1 aromatic heterocycles. The number of hydrogen-bond donors (Lipinski definition) is 2. The molecule has 1 amide bonds. The van der Waals surface area contributed by atoms with Crippen molar-refractivity contribution in [3.8, 4) is 0 Å². The summed E-state index contributed by atoms with van der Waals surface area (Å²) in [6.45, 7) is 5.60. The number of nitrogens with one attached hydrogen (secondary N) is 1. The lowest BCUT2D eigenvalue weighted by atomic mass is 10.2. The van der Waals surface area contributed by atoms with Gasteiger partial charge in [-0.3, -0.25) is 9.59 Å². The molecule has 1 heterocycles. The van der Waals surface area contributed by atoms with E-state index in [2.05, 4.69) is 10.3 Å². The second kappa shape index (κ2) is 6.17. The lowest BCUT2D eigenvalue weighted by molar-refractivity contribution is -0.154. The van der Waals surface area contributed by atoms with E-state index in [0.29, 0.717) is 5.56 Å². The van der Waals surface area contributed by atoms with Crippen LogP contribution in [0.5, 0.6) is 0 Å². The molecule has 3 N–H and O–H groups in total. The van der Waals surface area contributed by atoms with Gasteiger partial charge in [0.25, 0.3) is 5.91 Å². The average Bonchev–Trinajstić information content (AvgIpc) is 2.26. The lowest BCUT2D eigenvalue weighted by Gasteiger charge is -2.19. The molecular formula is C13H19N3O3. The van der Waals surface area contributed by atoms with Gasteiger partial charge in [0.1, 0.15) is 11.4 Å². The van der Waals surface area contributed by atoms with Gasteiger partial charge in [0.05, 0.1) is 6.42 Å². The number of hydrogen-bond acceptors (Lipinski definition) is 5. The first-order chi connectivity index (χ1) is 8.78. The molecule has 6 heteroatoms. The largest absolute Gasteiger partial charge is 0.460 e. The van der Waals surface area contributed by atoms with Gasteiger partial charge in [0, 0.05) is 18.3 Å². The summed E-state index contributed by atoms with van der Waals surface area (Å²) in [4.78, 5) is 26.9. The molecule has 0 aliphatic carbocycles. The Morgan fingerprint density at radius 2 is 2.11 bits per heavy atom. The molecule has 0 aliphatic rings. The van der Waals surface area contributed by atoms with Crippen LogP contribution in [-0.2, 0) is 9.53 Å². The number of anilines is 1. The van der Waals surface area contributed by atoms with Crippen molar-refractivity contribution in [3.63, 3.8) is 0 Å². The summed E-state index contributed by atoms with van der Waals surface area (Å²) >= 11 is 0. The summed E-state index contributed by atoms with van der Waals surface area (Å²) in [6.07, 6.45) is 1.59. The van der Waals surface area contributed by atoms with Crippen molar-refractivity contribution in [2.45, 2.75) is 32.8 Å². The van der Waals surface area contributed by atoms with Crippen LogP contribution >= 0.6 is 0 Å². The van der Waals surface area contributed by atoms with Crippen molar-refractivity contribution in [2.24, 2.45) is 0 Å². The van der Waals surface area contributed by atoms with E-state index >= 15 is 0 Å². The zero-order valence-electron chi connectivity index (χ0n) is 11.4. The highest BCUT2D eigenvalue weighted by atomic mass is 16.6. The highest BCUT2D eigenvalue weighted by Crippen LogP contribution is 2.08. The maximum atomic E-state index is 11.7. The van der Waals surface area contributed by atoms with Gasteiger partial charge in [0.15, 0.2) is 0 Å². The molecule has 0 saturated heterocycles. The minimum Gasteiger partial charge on any atom is -0.460 e. The Morgan fingerprint density at radius 1 is 1.42 bits per heavy atom. The first kappa shape index (κ1) is 14.9. The van der Waals surface area contributed by atoms with E-state index in [9.17, 15) is 9.59 Å². The summed E-state index contributed by atoms with van der Waals surface area (Å²) in [5, 5.41) is 2.62. The van der Waals surface area contributed by atoms with E-state index in [1.54, 1.807) is 26.8 Å². The first-order valence-electron chi connectivity index (χ1n) is 5.99. The van der Waals surface area contributed by atoms with Crippen LogP contribution < -0.4 is 11.1 Å². The molecule has 1 aromatic rings. The van der Waals surface area contributed by atoms with Crippen LogP contribution in [0.2, 0.25) is 0 Å². The number of carbonyl (C=O) groups is 2. The fraction of sp³-hybridized carbons (Fsp3) is 0.462. The second-order valence-electron chi connectivity index (χ2n) is 5.06. The van der Waals surface area contributed by atoms with Gasteiger partial charge in [-0.05, 0) is 32.9 Å². The van der Waals surface area contributed by atoms with Crippen LogP contribution in [0.1, 0.15) is 37.6 Å². The van der Waals surface area contributed by atoms with Crippen LogP contribution in [0.3, 0.4) is 0 Å². The number of ether oxygens (including phenoxy) is 1. The maximum absolute atomic E-state index is 11.7. The van der Waals surface area contributed by atoms with Gasteiger partial charge in [-0.2, -0.15) is 0 Å². The number of rotatable bonds is 4. The number of carbonyl (C=O) groups excluding carboxylic acids is 2. The predicted molar refractivity (Wildman–Crippen MR) is 71.4 cm³/mol. The van der Waals surface area contributed by atoms with Crippen molar-refractivity contribution in [1.82, 2.24) is 10.3 Å². The first-order valence-corrected chi connectivity index (χ1v) is 5.99. The van der Waals surface area contributed by atoms with Gasteiger partial charge in [-0.15, -0.1) is 0 Å². The van der Waals surface area contributed by atoms with E-state index in [0.717, 1.165) is 0 Å². The molecule has 19 heavy (non-hydrogen) atoms. The molecule has 0 aromatic carbocycles. The highest BCUT2D eigenvalue weighted by molar-refractivity contribution is 5.94. The number of nitrogens with two attached hydrogens (primary N) is 1. The Kier molecular flexibility index (Phi) is 4.86. The van der Waals surface area contributed by atoms with Crippen molar-refractivity contribution >= 4 is 17.7 Å². The zero-order chi connectivity index (χ0) is 14.5. The Labute approximate surface area is 112 Å². The van der Waals surface area contributed by atoms with E-state index in [1.165, 1.54) is 12.3 Å². The molecule has 0 spiro atoms. The van der Waals surface area contributed by atoms with E-state index in [4.69, 9.17) is 10.5 Å². The van der Waals surface area contributed by atoms with Crippen molar-refractivity contribution in [1.29, 1.82) is 0 Å². The lowest BCUT2D eigenvalue weighted by Crippen LogP contribution is -2.29. The highest BCUT2D eigenvalue weighted by Gasteiger charge is 2.16. The summed E-state index contributed by atoms with van der Waals surface area (Å²) in [5.41, 5.74) is 5.38. The summed E-state index contributed by atoms with van der Waals surface area (Å²) in [6, 6.07) is 3.03. The molecule has 6 nitrogen and oxygen atoms in total. The van der Waals surface area contributed by atoms with E-state index in [-0.39, 0.29) is 30.7 Å². The Balaban J connectivity index is 2.37. The fourth-order valence-corrected chi connectivity index (χ4v) is 1.36. The molecule has 1 rings (SSSR count). The van der Waals surface area contributed by atoms with Crippen molar-refractivity contribution in [3.05, 3.63) is 23.9 Å². The zero-order valence-corrected chi connectivity index (χ0v) is 11.4. The van der Waals surface area contributed by atoms with Crippen molar-refractivity contribution < 1.29 is 14.3 Å². The van der Waals surface area contributed by atoms with E-state index in [1.807, 2.05) is 0 Å². The third-order valence-corrected chi connectivity index (χ3v) is 2.08. The van der Waals surface area contributed by atoms with Crippen LogP contribution in [0.4, 0.5) is 5.82 Å². The van der Waals surface area contributed by atoms with Gasteiger partial charge < -0.3 is 15.8 Å². The molecular weight excluding hydrogens is 246 g/mol. The van der Waals surface area contributed by atoms with Crippen LogP contribution in [0.15, 0.2) is 18.3 Å². The minimum atomic E-state index is -0.513. The maximum Gasteiger partial charge on any atom is 0.308 e. The van der Waals surface area contributed by atoms with Gasteiger partial charge in [-0.25, -0.2) is 4.98 Å². The monoisotopic (exact) mass is 265 g/mol. The van der Waals surface area contributed by atoms with Gasteiger partial charge >= 0.3 is 5.97 Å². The molecule has 104 valence electrons. The number of esters is 1. The smallest absolute Gasteiger partial charge is 0.308 e. The van der Waals surface area contributed by atoms with Crippen LogP contribution in [-0.4, -0.2) is 29.0 Å². The number of pyridine rings is 1. The average molecular weight is 265 g/mol. The second-order valence-corrected chi connectivity index (χ2v) is 5.06. The third-order valence-electron chi connectivity index (χ3n) is 2.08. The van der Waals surface area contributed by atoms with Crippen molar-refractivity contribution in [2.75, 3.05) is 12.3 Å². The van der Waals surface area contributed by atoms with Crippen LogP contribution in [0.25, 0.3) is 0 Å². The summed E-state index contributed by atoms with van der Waals surface area (Å²) in [5.74, 6) is -0.362. The van der Waals surface area contributed by atoms with Gasteiger partial charge in [-0.1, -0.05) is 0 Å². The summed E-state index contributed by atoms with van der Waals surface area (Å²) in [7, 11) is 0. The quantitative estimate of drug-likeness (QED) is 0.796. The van der Waals surface area contributed by atoms with E-state index < -0.39 is 5.60 Å². The molecule has 0 atom stereocenters. The fourth-order valence-electron chi connectivity index (χ4n) is 1.36. The number of nitrogens with zero attached hydrogens (tertiary/aromatic N) is 1. The molecule has 0 saturated carbocycles. The predicted octanol–water partition coefficient (Wildman–Crippen LogP) is 1.13. The molecule has 0 unspecified atom stereocenters. The Bertz CT molecular complexity index is 466. The molecule has 0 aliphatic heterocycles. The number of nitrogen functional groups attached to an aromatic ring is 1. The molecule has 0 fully saturated rings. The molecule has 0 bridgehead atoms. The summed E-state index contributed by atoms with van der Waals surface area (Å²) < 4.78 is 5.12. The topological polar surface area (TPSA) is 94.3 Å². The van der Waals surface area contributed by atoms with Gasteiger partial charge in [0.2, 0.25) is 0 Å². The number of aromatic nitrogens is 1. The Hall–Kier alpha value is -2.11. The standard InChI is InChI=1S/C13H19N3O3/c1-13(2,3)19-11(17)5-7-16-12(18)9-4-6-15-10(14)8-9/h4,6,8H,5,7H2,1-3H3,(H2,14,15)(H,16,18). The number of amides is 1. The molecule has 0 radical (unpaired) electrons. The normalized spacial score (nSPS) is 10.9. The third kappa shape index (κ3) is 5.85. The van der Waals surface area contributed by atoms with Crippen LogP contribution in [0, 0.1) is 0 Å². The SMILES string of the molecule is CC(C)(C)OC(=O)CCNC(=O)c1ccnc(N)c1. The minimum absolute atomic E-state index is 0.129. The Morgan fingerprint density at radius 3 is 2.68 bits per heavy atom.